The second kappa shape index (κ2) is 9.87. The molecule has 1 spiro atoms. The van der Waals surface area contributed by atoms with Crippen LogP contribution in [0.1, 0.15) is 29.9 Å². The van der Waals surface area contributed by atoms with Gasteiger partial charge in [0.2, 0.25) is 0 Å². The Morgan fingerprint density at radius 1 is 1.23 bits per heavy atom. The van der Waals surface area contributed by atoms with E-state index in [1.54, 1.807) is 43.3 Å². The van der Waals surface area contributed by atoms with Gasteiger partial charge in [0.15, 0.2) is 21.2 Å². The predicted octanol–water partition coefficient (Wildman–Crippen LogP) is 5.08. The lowest BCUT2D eigenvalue weighted by atomic mass is 9.81. The maximum absolute atomic E-state index is 13.6. The van der Waals surface area contributed by atoms with Gasteiger partial charge in [-0.05, 0) is 73.3 Å². The molecule has 10 heteroatoms. The lowest BCUT2D eigenvalue weighted by Crippen LogP contribution is -2.52. The van der Waals surface area contributed by atoms with Gasteiger partial charge in [0.1, 0.15) is 10.4 Å². The van der Waals surface area contributed by atoms with Crippen LogP contribution < -0.4 is 0 Å². The fourth-order valence-electron chi connectivity index (χ4n) is 4.81. The third kappa shape index (κ3) is 5.30. The number of hydrogen-bond donors (Lipinski definition) is 0. The van der Waals surface area contributed by atoms with Crippen LogP contribution in [0.25, 0.3) is 11.1 Å². The van der Waals surface area contributed by atoms with Crippen molar-refractivity contribution in [3.05, 3.63) is 63.1 Å². The maximum atomic E-state index is 13.6. The van der Waals surface area contributed by atoms with Gasteiger partial charge in [-0.25, -0.2) is 8.42 Å². The molecule has 0 amide bonds. The molecule has 0 N–H and O–H groups in total. The summed E-state index contributed by atoms with van der Waals surface area (Å²) in [7, 11) is -3.39. The van der Waals surface area contributed by atoms with Gasteiger partial charge in [0, 0.05) is 29.9 Å². The molecule has 4 rings (SSSR count). The molecule has 2 fully saturated rings. The molecule has 2 saturated heterocycles. The Balaban J connectivity index is 1.66. The third-order valence-corrected chi connectivity index (χ3v) is 8.25. The van der Waals surface area contributed by atoms with Crippen molar-refractivity contribution in [2.75, 3.05) is 25.9 Å². The van der Waals surface area contributed by atoms with Gasteiger partial charge in [0.25, 0.3) is 0 Å². The molecule has 2 aliphatic heterocycles. The Labute approximate surface area is 219 Å². The van der Waals surface area contributed by atoms with E-state index in [0.717, 1.165) is 12.8 Å². The zero-order chi connectivity index (χ0) is 25.5. The maximum Gasteiger partial charge on any atom is 0.322 e. The highest BCUT2D eigenvalue weighted by Gasteiger charge is 2.57. The Hall–Kier alpha value is -1.90. The molecule has 186 valence electrons. The minimum atomic E-state index is -3.39. The Kier molecular flexibility index (Phi) is 7.38. The van der Waals surface area contributed by atoms with Crippen LogP contribution in [0.3, 0.4) is 0 Å². The van der Waals surface area contributed by atoms with Crippen molar-refractivity contribution in [2.24, 2.45) is 0 Å². The van der Waals surface area contributed by atoms with Crippen LogP contribution >= 0.6 is 34.8 Å². The average molecular weight is 557 g/mol. The number of carbonyl (C=O) groups is 2. The second-order valence-electron chi connectivity index (χ2n) is 9.03. The first-order chi connectivity index (χ1) is 16.4. The molecule has 2 aromatic carbocycles. The highest BCUT2D eigenvalue weighted by atomic mass is 35.5. The van der Waals surface area contributed by atoms with Gasteiger partial charge >= 0.3 is 5.97 Å². The van der Waals surface area contributed by atoms with Crippen molar-refractivity contribution in [1.82, 2.24) is 4.90 Å². The zero-order valence-corrected chi connectivity index (χ0v) is 22.3. The molecule has 2 aliphatic rings. The van der Waals surface area contributed by atoms with Gasteiger partial charge < -0.3 is 4.74 Å². The number of esters is 1. The third-order valence-electron chi connectivity index (χ3n) is 6.52. The molecule has 2 aromatic rings. The zero-order valence-electron chi connectivity index (χ0n) is 19.2. The van der Waals surface area contributed by atoms with Gasteiger partial charge in [-0.15, -0.1) is 0 Å². The van der Waals surface area contributed by atoms with Crippen LogP contribution in [-0.4, -0.2) is 56.6 Å². The number of carbonyl (C=O) groups excluding carboxylic acids is 2. The van der Waals surface area contributed by atoms with Crippen LogP contribution in [0.15, 0.2) is 51.9 Å². The summed E-state index contributed by atoms with van der Waals surface area (Å²) < 4.78 is 29.8. The Morgan fingerprint density at radius 3 is 2.66 bits per heavy atom. The van der Waals surface area contributed by atoms with Gasteiger partial charge in [-0.3, -0.25) is 14.5 Å². The standard InChI is InChI=1S/C25H24Cl3NO5S/c1-15-11-19(16-5-3-6-17(12-16)35(2,32)33)20(26)13-18(15)22-23(30)25(34-24(22)31)8-4-9-29(14-25)10-7-21(27)28/h3,5-7,11-13,22H,4,8-10,14H2,1-2H3. The number of ether oxygens (including phenoxy) is 1. The number of aryl methyl sites for hydroxylation is 1. The van der Waals surface area contributed by atoms with Gasteiger partial charge in [-0.2, -0.15) is 0 Å². The number of halogens is 3. The predicted molar refractivity (Wildman–Crippen MR) is 137 cm³/mol. The Bertz CT molecular complexity index is 1340. The highest BCUT2D eigenvalue weighted by molar-refractivity contribution is 7.90. The highest BCUT2D eigenvalue weighted by Crippen LogP contribution is 2.43. The number of likely N-dealkylation sites (tertiary alicyclic amines) is 1. The summed E-state index contributed by atoms with van der Waals surface area (Å²) in [6, 6.07) is 9.86. The smallest absolute Gasteiger partial charge is 0.322 e. The number of Topliss-reactive ketones (excluding diaryl/α,β-unsaturated/α-hetero) is 1. The molecule has 35 heavy (non-hydrogen) atoms. The average Bonchev–Trinajstić information content (AvgIpc) is 3.02. The summed E-state index contributed by atoms with van der Waals surface area (Å²) in [5, 5.41) is 0.310. The van der Waals surface area contributed by atoms with Gasteiger partial charge in [-0.1, -0.05) is 46.9 Å². The van der Waals surface area contributed by atoms with E-state index in [2.05, 4.69) is 0 Å². The number of benzene rings is 2. The molecular weight excluding hydrogens is 533 g/mol. The number of rotatable bonds is 5. The summed E-state index contributed by atoms with van der Waals surface area (Å²) in [6.45, 7) is 3.25. The first-order valence-electron chi connectivity index (χ1n) is 11.0. The van der Waals surface area contributed by atoms with Crippen molar-refractivity contribution in [3.63, 3.8) is 0 Å². The molecule has 0 saturated carbocycles. The van der Waals surface area contributed by atoms with Crippen LogP contribution in [0, 0.1) is 6.92 Å². The van der Waals surface area contributed by atoms with E-state index in [1.165, 1.54) is 6.07 Å². The SMILES string of the molecule is Cc1cc(-c2cccc(S(C)(=O)=O)c2)c(Cl)cc1C1C(=O)OC2(CCCN(CC=C(Cl)Cl)C2)C1=O. The van der Waals surface area contributed by atoms with E-state index >= 15 is 0 Å². The molecule has 2 unspecified atom stereocenters. The quantitative estimate of drug-likeness (QED) is 0.377. The molecule has 2 atom stereocenters. The fourth-order valence-corrected chi connectivity index (χ4v) is 5.90. The Morgan fingerprint density at radius 2 is 1.97 bits per heavy atom. The lowest BCUT2D eigenvalue weighted by molar-refractivity contribution is -0.157. The number of ketones is 1. The number of piperidine rings is 1. The molecule has 2 heterocycles. The second-order valence-corrected chi connectivity index (χ2v) is 12.5. The molecular formula is C25H24Cl3NO5S. The first kappa shape index (κ1) is 26.2. The van der Waals surface area contributed by atoms with E-state index in [-0.39, 0.29) is 21.7 Å². The number of sulfone groups is 1. The van der Waals surface area contributed by atoms with E-state index in [0.29, 0.717) is 46.7 Å². The minimum Gasteiger partial charge on any atom is -0.449 e. The van der Waals surface area contributed by atoms with Crippen molar-refractivity contribution < 1.29 is 22.7 Å². The van der Waals surface area contributed by atoms with E-state index in [4.69, 9.17) is 39.5 Å². The monoisotopic (exact) mass is 555 g/mol. The van der Waals surface area contributed by atoms with Gasteiger partial charge in [0.05, 0.1) is 4.90 Å². The van der Waals surface area contributed by atoms with Crippen molar-refractivity contribution >= 4 is 56.4 Å². The summed E-state index contributed by atoms with van der Waals surface area (Å²) in [6.07, 6.45) is 3.92. The molecule has 0 radical (unpaired) electrons. The topological polar surface area (TPSA) is 80.8 Å². The van der Waals surface area contributed by atoms with Crippen LogP contribution in [0.5, 0.6) is 0 Å². The largest absolute Gasteiger partial charge is 0.449 e. The van der Waals surface area contributed by atoms with E-state index in [9.17, 15) is 18.0 Å². The van der Waals surface area contributed by atoms with Crippen molar-refractivity contribution in [3.8, 4) is 11.1 Å². The van der Waals surface area contributed by atoms with Crippen molar-refractivity contribution in [1.29, 1.82) is 0 Å². The summed E-state index contributed by atoms with van der Waals surface area (Å²) in [4.78, 5) is 28.7. The number of nitrogens with zero attached hydrogens (tertiary/aromatic N) is 1. The van der Waals surface area contributed by atoms with E-state index in [1.807, 2.05) is 4.90 Å². The first-order valence-corrected chi connectivity index (χ1v) is 14.0. The van der Waals surface area contributed by atoms with E-state index < -0.39 is 27.3 Å². The fraction of sp³-hybridized carbons (Fsp3) is 0.360. The molecule has 0 aromatic heterocycles. The number of hydrogen-bond acceptors (Lipinski definition) is 6. The normalized spacial score (nSPS) is 22.9. The molecule has 0 aliphatic carbocycles. The summed E-state index contributed by atoms with van der Waals surface area (Å²) >= 11 is 18.1. The van der Waals surface area contributed by atoms with Crippen LogP contribution in [-0.2, 0) is 24.2 Å². The summed E-state index contributed by atoms with van der Waals surface area (Å²) in [5.41, 5.74) is 1.20. The minimum absolute atomic E-state index is 0.143. The molecule has 6 nitrogen and oxygen atoms in total. The lowest BCUT2D eigenvalue weighted by Gasteiger charge is -2.37. The van der Waals surface area contributed by atoms with Crippen molar-refractivity contribution in [2.45, 2.75) is 36.2 Å². The molecule has 0 bridgehead atoms. The summed E-state index contributed by atoms with van der Waals surface area (Å²) in [5.74, 6) is -1.94. The van der Waals surface area contributed by atoms with Crippen LogP contribution in [0.4, 0.5) is 0 Å². The van der Waals surface area contributed by atoms with Crippen LogP contribution in [0.2, 0.25) is 5.02 Å².